The number of fused-ring (bicyclic) bond motifs is 2. The lowest BCUT2D eigenvalue weighted by molar-refractivity contribution is -0.137. The summed E-state index contributed by atoms with van der Waals surface area (Å²) in [7, 11) is -33.2. The summed E-state index contributed by atoms with van der Waals surface area (Å²) < 4.78 is 126. The summed E-state index contributed by atoms with van der Waals surface area (Å²) in [6, 6.07) is 8.30. The van der Waals surface area contributed by atoms with Crippen molar-refractivity contribution in [3.8, 4) is 0 Å². The summed E-state index contributed by atoms with van der Waals surface area (Å²) in [4.78, 5) is 181. The molecule has 5 aromatic rings. The molecule has 2 aliphatic heterocycles. The Morgan fingerprint density at radius 1 is 0.479 bits per heavy atom. The number of hydrogen-bond donors (Lipinski definition) is 18. The van der Waals surface area contributed by atoms with Gasteiger partial charge in [0.25, 0.3) is 0 Å². The molecule has 668 valence electrons. The van der Waals surface area contributed by atoms with Gasteiger partial charge in [-0.3, -0.25) is 65.0 Å². The standard InChI is InChI=1S/C65H104N14O34P6/c1-62(2,42(80)20-26-68-44(82)22-28-70-58(88)52(86)64(5,6)32-106-118(100,101)112-116(96,97)104-30-40-50(110-114(90,91)92)48(84)60(108-40)78-36-76-46-54(66)72-34-74-56(46)78)24-12-9-10-14-38-16-18-39(19-17-38)15-11-13-25-63(3,4)43(81)21-27-69-45(83)23-29-71-59(89)53(87)65(7,8)33-107-119(102,103)113-117(98,99)105-31-41-51(111-115(93,94)95)49(85)61(109-41)79-37-77-47-55(67)73-35-75-57(47)79/h16-19,34-37,40-41,48-53,60-61,84-87H,9-15,20-33H2,1-8H3,(H,68,82)(H,69,83)(H,70,88)(H,71,89)(H,96,97)(H,98,99)(H,100,101)(H,102,103)(H2,66,72,74)(H2,67,73,75)(H2,90,91,92)(H2,93,94,95). The number of unbranched alkanes of at least 4 members (excludes halogenated alkanes) is 3. The largest absolute Gasteiger partial charge is 0.481 e. The Hall–Kier alpha value is -6.36. The van der Waals surface area contributed by atoms with Gasteiger partial charge in [0.1, 0.15) is 84.1 Å². The number of rotatable bonds is 51. The molecule has 0 saturated carbocycles. The number of nitrogens with zero attached hydrogens (tertiary/aromatic N) is 8. The minimum absolute atomic E-state index is 0.00504. The summed E-state index contributed by atoms with van der Waals surface area (Å²) in [5, 5.41) is 53.6. The maximum atomic E-state index is 13.2. The molecule has 20 N–H and O–H groups in total. The first kappa shape index (κ1) is 99.7. The number of carbonyl (C=O) groups is 6. The van der Waals surface area contributed by atoms with E-state index < -0.39 is 180 Å². The predicted molar refractivity (Wildman–Crippen MR) is 412 cm³/mol. The van der Waals surface area contributed by atoms with Gasteiger partial charge in [-0.25, -0.2) is 57.3 Å². The van der Waals surface area contributed by atoms with Gasteiger partial charge in [-0.1, -0.05) is 98.9 Å². The third-order valence-corrected chi connectivity index (χ3v) is 25.5. The van der Waals surface area contributed by atoms with E-state index >= 15 is 0 Å². The number of benzene rings is 1. The van der Waals surface area contributed by atoms with Crippen molar-refractivity contribution in [1.82, 2.24) is 60.3 Å². The monoisotopic (exact) mass is 1810 g/mol. The Labute approximate surface area is 681 Å². The number of nitrogens with one attached hydrogen (secondary N) is 4. The van der Waals surface area contributed by atoms with Crippen molar-refractivity contribution >= 4 is 116 Å². The minimum atomic E-state index is -5.64. The van der Waals surface area contributed by atoms with Crippen LogP contribution in [0.2, 0.25) is 0 Å². The summed E-state index contributed by atoms with van der Waals surface area (Å²) in [6.07, 6.45) is -7.53. The molecule has 2 saturated heterocycles. The maximum Gasteiger partial charge on any atom is 0.481 e. The molecule has 54 heteroatoms. The van der Waals surface area contributed by atoms with Crippen LogP contribution in [0.3, 0.4) is 0 Å². The lowest BCUT2D eigenvalue weighted by atomic mass is 9.81. The maximum absolute atomic E-state index is 13.2. The number of imidazole rings is 2. The van der Waals surface area contributed by atoms with E-state index in [0.29, 0.717) is 12.8 Å². The van der Waals surface area contributed by atoms with E-state index in [1.54, 1.807) is 0 Å². The van der Waals surface area contributed by atoms with E-state index in [0.717, 1.165) is 90.5 Å². The van der Waals surface area contributed by atoms with Crippen molar-refractivity contribution in [2.24, 2.45) is 21.7 Å². The number of ketones is 2. The van der Waals surface area contributed by atoms with Crippen molar-refractivity contribution in [1.29, 1.82) is 0 Å². The Morgan fingerprint density at radius 3 is 1.18 bits per heavy atom. The molecule has 0 bridgehead atoms. The van der Waals surface area contributed by atoms with Crippen molar-refractivity contribution in [3.05, 3.63) is 60.7 Å². The summed E-state index contributed by atoms with van der Waals surface area (Å²) in [5.74, 6) is -3.36. The zero-order valence-electron chi connectivity index (χ0n) is 66.0. The molecular formula is C65H104N14O34P6. The fourth-order valence-corrected chi connectivity index (χ4v) is 18.0. The number of nitrogen functional groups attached to an aromatic ring is 2. The van der Waals surface area contributed by atoms with Crippen LogP contribution in [0.5, 0.6) is 0 Å². The van der Waals surface area contributed by atoms with Gasteiger partial charge in [0, 0.05) is 73.5 Å². The second-order valence-corrected chi connectivity index (χ2v) is 39.3. The molecule has 0 aliphatic carbocycles. The number of phosphoric ester groups is 6. The smallest absolute Gasteiger partial charge is 0.386 e. The number of Topliss-reactive ketones (excluding diaryl/α,β-unsaturated/α-hetero) is 2. The van der Waals surface area contributed by atoms with Crippen LogP contribution < -0.4 is 32.7 Å². The molecule has 2 fully saturated rings. The number of aliphatic hydroxyl groups excluding tert-OH is 4. The van der Waals surface area contributed by atoms with Gasteiger partial charge in [0.05, 0.1) is 39.1 Å². The number of amides is 4. The minimum Gasteiger partial charge on any atom is -0.386 e. The molecule has 6 heterocycles. The lowest BCUT2D eigenvalue weighted by Gasteiger charge is -2.30. The van der Waals surface area contributed by atoms with Crippen LogP contribution in [-0.2, 0) is 114 Å². The second kappa shape index (κ2) is 41.9. The Bertz CT molecular complexity index is 4640. The van der Waals surface area contributed by atoms with E-state index in [9.17, 15) is 116 Å². The number of carbonyl (C=O) groups excluding carboxylic acids is 6. The molecule has 0 radical (unpaired) electrons. The first-order valence-electron chi connectivity index (χ1n) is 37.0. The Balaban J connectivity index is 0.692. The number of aliphatic hydroxyl groups is 4. The summed E-state index contributed by atoms with van der Waals surface area (Å²) >= 11 is 0. The molecule has 48 nitrogen and oxygen atoms in total. The van der Waals surface area contributed by atoms with Crippen LogP contribution in [0, 0.1) is 21.7 Å². The molecule has 14 atom stereocenters. The highest BCUT2D eigenvalue weighted by molar-refractivity contribution is 7.61. The summed E-state index contributed by atoms with van der Waals surface area (Å²) in [5.41, 5.74) is 9.28. The van der Waals surface area contributed by atoms with E-state index in [1.165, 1.54) is 27.7 Å². The first-order chi connectivity index (χ1) is 55.1. The SMILES string of the molecule is CC(C)(CCCCCc1ccc(CCCCC(C)(C)C(=O)CCNC(=O)CCNC(=O)C(O)C(C)(C)COP(=O)(O)OP(=O)(O)OCC2OC(n3cnc4c(N)ncnc43)C(O)C2OP(=O)(O)O)cc1)C(=O)CCNC(=O)CCNC(=O)C(O)C(C)(C)COP(=O)(O)OP(=O)(O)OCC1OC(n2cnc3c(N)ncnc32)C(O)C1OP(=O)(O)O. The summed E-state index contributed by atoms with van der Waals surface area (Å²) in [6.45, 7) is 7.54. The first-order valence-corrected chi connectivity index (χ1v) is 46.1. The molecule has 4 aromatic heterocycles. The van der Waals surface area contributed by atoms with Crippen LogP contribution >= 0.6 is 46.9 Å². The molecule has 2 aliphatic rings. The predicted octanol–water partition coefficient (Wildman–Crippen LogP) is 2.31. The molecule has 1 aromatic carbocycles. The van der Waals surface area contributed by atoms with Gasteiger partial charge in [0.2, 0.25) is 23.6 Å². The van der Waals surface area contributed by atoms with Gasteiger partial charge in [-0.15, -0.1) is 0 Å². The highest BCUT2D eigenvalue weighted by atomic mass is 31.3. The van der Waals surface area contributed by atoms with Gasteiger partial charge in [0.15, 0.2) is 35.4 Å². The van der Waals surface area contributed by atoms with Crippen molar-refractivity contribution in [2.75, 3.05) is 64.1 Å². The van der Waals surface area contributed by atoms with Gasteiger partial charge >= 0.3 is 46.9 Å². The van der Waals surface area contributed by atoms with Crippen LogP contribution in [0.1, 0.15) is 150 Å². The number of anilines is 2. The van der Waals surface area contributed by atoms with Crippen molar-refractivity contribution in [3.63, 3.8) is 0 Å². The van der Waals surface area contributed by atoms with Crippen LogP contribution in [-0.4, -0.2) is 235 Å². The molecule has 14 unspecified atom stereocenters. The zero-order valence-corrected chi connectivity index (χ0v) is 71.4. The number of hydrogen-bond acceptors (Lipinski definition) is 34. The second-order valence-electron chi connectivity index (χ2n) is 30.8. The number of aryl methyl sites for hydroxylation is 2. The van der Waals surface area contributed by atoms with Gasteiger partial charge in [-0.2, -0.15) is 8.62 Å². The normalized spacial score (nSPS) is 21.5. The highest BCUT2D eigenvalue weighted by Crippen LogP contribution is 2.63. The van der Waals surface area contributed by atoms with Crippen LogP contribution in [0.25, 0.3) is 22.3 Å². The van der Waals surface area contributed by atoms with Gasteiger partial charge in [-0.05, 0) is 49.7 Å². The molecule has 0 spiro atoms. The fraction of sp³-hybridized carbons (Fsp3) is 0.662. The molecule has 7 rings (SSSR count). The highest BCUT2D eigenvalue weighted by Gasteiger charge is 2.53. The van der Waals surface area contributed by atoms with Crippen molar-refractivity contribution in [2.45, 2.75) is 200 Å². The third kappa shape index (κ3) is 30.2. The lowest BCUT2D eigenvalue weighted by Crippen LogP contribution is -2.46. The van der Waals surface area contributed by atoms with Crippen LogP contribution in [0.15, 0.2) is 49.6 Å². The number of nitrogens with two attached hydrogens (primary N) is 2. The van der Waals surface area contributed by atoms with Crippen LogP contribution in [0.4, 0.5) is 11.6 Å². The molecular weight excluding hydrogens is 1710 g/mol. The third-order valence-electron chi connectivity index (χ3n) is 19.3. The fourth-order valence-electron chi connectivity index (χ4n) is 12.3. The number of aromatic nitrogens is 8. The van der Waals surface area contributed by atoms with E-state index in [4.69, 9.17) is 39.0 Å². The number of phosphoric acid groups is 6. The zero-order chi connectivity index (χ0) is 88.7. The quantitative estimate of drug-likeness (QED) is 0.0196. The topological polar surface area (TPSA) is 727 Å². The van der Waals surface area contributed by atoms with Gasteiger partial charge < -0.3 is 102 Å². The Kier molecular flexibility index (Phi) is 35.1. The van der Waals surface area contributed by atoms with E-state index in [2.05, 4.69) is 93.1 Å². The van der Waals surface area contributed by atoms with E-state index in [1.807, 2.05) is 27.7 Å². The Morgan fingerprint density at radius 2 is 0.815 bits per heavy atom. The van der Waals surface area contributed by atoms with Crippen molar-refractivity contribution < 1.29 is 161 Å². The average molecular weight is 1810 g/mol. The molecule has 4 amide bonds. The van der Waals surface area contributed by atoms with E-state index in [-0.39, 0.29) is 97.4 Å². The number of ether oxygens (including phenoxy) is 2. The average Bonchev–Trinajstić information content (AvgIpc) is 1.62. The molecule has 119 heavy (non-hydrogen) atoms.